The van der Waals surface area contributed by atoms with Crippen LogP contribution >= 0.6 is 0 Å². The molecule has 7 heteroatoms. The van der Waals surface area contributed by atoms with Crippen molar-refractivity contribution in [3.63, 3.8) is 0 Å². The van der Waals surface area contributed by atoms with E-state index in [0.717, 1.165) is 44.1 Å². The van der Waals surface area contributed by atoms with Crippen LogP contribution in [0.2, 0.25) is 0 Å². The number of carbonyl (C=O) groups excluding carboxylic acids is 1. The monoisotopic (exact) mass is 643 g/mol. The first-order valence-electron chi connectivity index (χ1n) is 17.6. The number of terminal acetylenes is 1. The van der Waals surface area contributed by atoms with Crippen LogP contribution in [0.3, 0.4) is 0 Å². The fourth-order valence-corrected chi connectivity index (χ4v) is 11.5. The Bertz CT molecular complexity index is 1660. The molecule has 0 bridgehead atoms. The second kappa shape index (κ2) is 12.0. The third-order valence-corrected chi connectivity index (χ3v) is 14.3. The van der Waals surface area contributed by atoms with E-state index in [1.54, 1.807) is 6.07 Å². The normalized spacial score (nSPS) is 33.2. The maximum absolute atomic E-state index is 13.0. The number of aryl methyl sites for hydroxylation is 2. The quantitative estimate of drug-likeness (QED) is 0.156. The lowest BCUT2D eigenvalue weighted by Crippen LogP contribution is -2.41. The number of hydrogen-bond donors (Lipinski definition) is 1. The first-order chi connectivity index (χ1) is 21.9. The summed E-state index contributed by atoms with van der Waals surface area (Å²) in [5, 5.41) is 0. The molecule has 0 saturated heterocycles. The Kier molecular flexibility index (Phi) is 8.29. The van der Waals surface area contributed by atoms with Crippen molar-refractivity contribution < 1.29 is 22.1 Å². The molecule has 3 fully saturated rings. The molecule has 9 atom stereocenters. The number of nitrogens with two attached hydrogens (primary N) is 1. The summed E-state index contributed by atoms with van der Waals surface area (Å²) in [6.07, 6.45) is 17.0. The first-order valence-corrected chi connectivity index (χ1v) is 19.1. The van der Waals surface area contributed by atoms with Gasteiger partial charge in [-0.15, -0.1) is 12.3 Å². The Labute approximate surface area is 275 Å². The van der Waals surface area contributed by atoms with Crippen molar-refractivity contribution in [2.45, 2.75) is 103 Å². The summed E-state index contributed by atoms with van der Waals surface area (Å²) >= 11 is 0. The Balaban J connectivity index is 0.965. The van der Waals surface area contributed by atoms with Gasteiger partial charge < -0.3 is 14.7 Å². The zero-order valence-corrected chi connectivity index (χ0v) is 28.4. The number of carbonyl (C=O) groups is 1. The lowest BCUT2D eigenvalue weighted by Gasteiger charge is -2.49. The number of fused-ring (bicyclic) bond motifs is 8. The molecule has 2 N–H and O–H groups in total. The molecule has 0 aliphatic heterocycles. The van der Waals surface area contributed by atoms with Crippen LogP contribution in [0.15, 0.2) is 36.4 Å². The highest BCUT2D eigenvalue weighted by Crippen LogP contribution is 2.57. The molecular weight excluding hydrogens is 594 g/mol. The van der Waals surface area contributed by atoms with E-state index in [2.05, 4.69) is 32.8 Å². The molecule has 9 unspecified atom stereocenters. The molecule has 5 aliphatic rings. The van der Waals surface area contributed by atoms with E-state index < -0.39 is 27.9 Å². The van der Waals surface area contributed by atoms with Gasteiger partial charge in [-0.1, -0.05) is 32.9 Å². The fraction of sp³-hybridized carbons (Fsp3) is 0.615. The summed E-state index contributed by atoms with van der Waals surface area (Å²) in [5.74, 6) is 7.10. The average Bonchev–Trinajstić information content (AvgIpc) is 3.45. The maximum atomic E-state index is 13.0. The van der Waals surface area contributed by atoms with Crippen LogP contribution in [-0.4, -0.2) is 26.2 Å². The molecular formula is C39H49NO5S. The minimum atomic E-state index is -4.13. The van der Waals surface area contributed by atoms with Gasteiger partial charge in [0.1, 0.15) is 23.3 Å². The van der Waals surface area contributed by atoms with Crippen molar-refractivity contribution in [2.75, 3.05) is 5.75 Å². The van der Waals surface area contributed by atoms with E-state index in [9.17, 15) is 13.2 Å². The van der Waals surface area contributed by atoms with Gasteiger partial charge in [0, 0.05) is 5.92 Å². The number of benzene rings is 2. The molecule has 46 heavy (non-hydrogen) atoms. The zero-order valence-electron chi connectivity index (χ0n) is 27.5. The van der Waals surface area contributed by atoms with E-state index in [0.29, 0.717) is 58.5 Å². The highest BCUT2D eigenvalue weighted by Gasteiger charge is 2.47. The molecule has 2 aromatic rings. The van der Waals surface area contributed by atoms with E-state index in [-0.39, 0.29) is 5.75 Å². The van der Waals surface area contributed by atoms with Gasteiger partial charge in [-0.2, -0.15) is 8.42 Å². The minimum absolute atomic E-state index is 0.271. The van der Waals surface area contributed by atoms with E-state index in [4.69, 9.17) is 21.1 Å². The second-order valence-corrected chi connectivity index (χ2v) is 17.4. The summed E-state index contributed by atoms with van der Waals surface area (Å²) < 4.78 is 37.1. The third-order valence-electron chi connectivity index (χ3n) is 13.1. The summed E-state index contributed by atoms with van der Waals surface area (Å²) in [7, 11) is -4.13. The van der Waals surface area contributed by atoms with Crippen LogP contribution < -0.4 is 14.7 Å². The number of rotatable bonds is 6. The lowest BCUT2D eigenvalue weighted by molar-refractivity contribution is -0.135. The molecule has 0 spiro atoms. The van der Waals surface area contributed by atoms with Crippen LogP contribution in [0.4, 0.5) is 0 Å². The zero-order chi connectivity index (χ0) is 32.4. The molecule has 0 radical (unpaired) electrons. The predicted molar refractivity (Wildman–Crippen MR) is 180 cm³/mol. The molecule has 0 heterocycles. The topological polar surface area (TPSA) is 95.7 Å². The van der Waals surface area contributed by atoms with Crippen molar-refractivity contribution in [2.24, 2.45) is 46.7 Å². The van der Waals surface area contributed by atoms with Crippen molar-refractivity contribution in [3.8, 4) is 23.8 Å². The molecule has 246 valence electrons. The standard InChI is InChI=1S/C39H49NO5S/c1-5-24-6-12-33-30(24)16-17-34-31-15-10-28(21-26(31)8-13-35(33)34)45-46(42,43)22-37(40)38(41)44-27-9-14-32-25(20-27)7-11-29-23(2)39(3,4)19-18-36(29)32/h1,9-10,14-15,20-21,23-24,29-30,33-37H,6-8,11-13,16-19,22,40H2,2-4H3. The summed E-state index contributed by atoms with van der Waals surface area (Å²) in [6.45, 7) is 7.17. The fourth-order valence-electron chi connectivity index (χ4n) is 10.4. The van der Waals surface area contributed by atoms with Gasteiger partial charge in [-0.25, -0.2) is 4.79 Å². The number of hydrogen-bond acceptors (Lipinski definition) is 6. The highest BCUT2D eigenvalue weighted by molar-refractivity contribution is 7.87. The number of ether oxygens (including phenoxy) is 1. The highest BCUT2D eigenvalue weighted by atomic mass is 32.2. The Morgan fingerprint density at radius 2 is 1.52 bits per heavy atom. The van der Waals surface area contributed by atoms with E-state index >= 15 is 0 Å². The Morgan fingerprint density at radius 1 is 0.891 bits per heavy atom. The first kappa shape index (κ1) is 31.8. The van der Waals surface area contributed by atoms with Gasteiger partial charge >= 0.3 is 16.1 Å². The summed E-state index contributed by atoms with van der Waals surface area (Å²) in [5.41, 5.74) is 11.5. The van der Waals surface area contributed by atoms with Crippen molar-refractivity contribution >= 4 is 16.1 Å². The predicted octanol–water partition coefficient (Wildman–Crippen LogP) is 7.15. The van der Waals surface area contributed by atoms with Gasteiger partial charge in [-0.05, 0) is 158 Å². The number of esters is 1. The smallest absolute Gasteiger partial charge is 0.329 e. The molecule has 6 nitrogen and oxygen atoms in total. The van der Waals surface area contributed by atoms with Crippen LogP contribution in [-0.2, 0) is 27.8 Å². The second-order valence-electron chi connectivity index (χ2n) is 15.7. The van der Waals surface area contributed by atoms with Crippen LogP contribution in [0.25, 0.3) is 0 Å². The molecule has 3 saturated carbocycles. The van der Waals surface area contributed by atoms with E-state index in [1.807, 2.05) is 24.3 Å². The molecule has 2 aromatic carbocycles. The molecule has 7 rings (SSSR count). The summed E-state index contributed by atoms with van der Waals surface area (Å²) in [6, 6.07) is 10.2. The van der Waals surface area contributed by atoms with Crippen LogP contribution in [0.1, 0.15) is 106 Å². The molecule has 5 aliphatic carbocycles. The molecule has 0 amide bonds. The Hall–Kier alpha value is -2.82. The van der Waals surface area contributed by atoms with Crippen molar-refractivity contribution in [3.05, 3.63) is 58.7 Å². The van der Waals surface area contributed by atoms with Crippen LogP contribution in [0.5, 0.6) is 11.5 Å². The maximum Gasteiger partial charge on any atom is 0.329 e. The largest absolute Gasteiger partial charge is 0.425 e. The SMILES string of the molecule is C#CC1CCC2C1CCC1c3ccc(OS(=O)(=O)CC(N)C(=O)Oc4ccc5c(c4)CCC4C5CCC(C)(C)C4C)cc3CCC12. The van der Waals surface area contributed by atoms with Crippen molar-refractivity contribution in [1.29, 1.82) is 0 Å². The Morgan fingerprint density at radius 3 is 2.24 bits per heavy atom. The van der Waals surface area contributed by atoms with Crippen LogP contribution in [0, 0.1) is 53.3 Å². The molecule has 0 aromatic heterocycles. The van der Waals surface area contributed by atoms with Crippen molar-refractivity contribution in [1.82, 2.24) is 0 Å². The minimum Gasteiger partial charge on any atom is -0.425 e. The summed E-state index contributed by atoms with van der Waals surface area (Å²) in [4.78, 5) is 12.9. The van der Waals surface area contributed by atoms with E-state index in [1.165, 1.54) is 42.4 Å². The third kappa shape index (κ3) is 5.79. The van der Waals surface area contributed by atoms with Gasteiger partial charge in [0.2, 0.25) is 0 Å². The van der Waals surface area contributed by atoms with Gasteiger partial charge in [-0.3, -0.25) is 0 Å². The van der Waals surface area contributed by atoms with Gasteiger partial charge in [0.15, 0.2) is 0 Å². The average molecular weight is 644 g/mol. The van der Waals surface area contributed by atoms with Gasteiger partial charge in [0.05, 0.1) is 0 Å². The lowest BCUT2D eigenvalue weighted by atomic mass is 9.56. The van der Waals surface area contributed by atoms with Gasteiger partial charge in [0.25, 0.3) is 0 Å².